The first kappa shape index (κ1) is 15.1. The van der Waals surface area contributed by atoms with Crippen LogP contribution in [-0.4, -0.2) is 37.2 Å². The molecule has 0 aliphatic heterocycles. The number of nitrogens with one attached hydrogen (secondary N) is 1. The number of rotatable bonds is 7. The van der Waals surface area contributed by atoms with Gasteiger partial charge in [0.2, 0.25) is 0 Å². The van der Waals surface area contributed by atoms with E-state index >= 15 is 0 Å². The summed E-state index contributed by atoms with van der Waals surface area (Å²) in [7, 11) is -3.84. The van der Waals surface area contributed by atoms with Crippen LogP contribution in [0.1, 0.15) is 18.2 Å². The van der Waals surface area contributed by atoms with Crippen molar-refractivity contribution in [3.05, 3.63) is 17.0 Å². The summed E-state index contributed by atoms with van der Waals surface area (Å²) in [5.41, 5.74) is 0. The number of carboxylic acids is 1. The van der Waals surface area contributed by atoms with Gasteiger partial charge in [0, 0.05) is 11.5 Å². The normalized spacial score (nSPS) is 13.4. The first-order chi connectivity index (χ1) is 8.40. The van der Waals surface area contributed by atoms with Crippen molar-refractivity contribution >= 4 is 27.3 Å². The zero-order valence-electron chi connectivity index (χ0n) is 9.79. The zero-order valence-corrected chi connectivity index (χ0v) is 11.4. The molecule has 0 amide bonds. The van der Waals surface area contributed by atoms with E-state index in [0.717, 1.165) is 22.6 Å². The molecule has 1 atom stereocenters. The van der Waals surface area contributed by atoms with Crippen molar-refractivity contribution in [1.29, 1.82) is 0 Å². The van der Waals surface area contributed by atoms with Crippen molar-refractivity contribution in [2.45, 2.75) is 30.0 Å². The molecule has 0 aliphatic rings. The van der Waals surface area contributed by atoms with E-state index in [1.165, 1.54) is 6.07 Å². The van der Waals surface area contributed by atoms with Crippen LogP contribution in [-0.2, 0) is 21.2 Å². The lowest BCUT2D eigenvalue weighted by Crippen LogP contribution is -2.41. The molecule has 0 fully saturated rings. The van der Waals surface area contributed by atoms with Gasteiger partial charge in [0.15, 0.2) is 0 Å². The number of thiophene rings is 1. The number of carbonyl (C=O) groups is 1. The minimum Gasteiger partial charge on any atom is -0.480 e. The summed E-state index contributed by atoms with van der Waals surface area (Å²) >= 11 is 1.11. The highest BCUT2D eigenvalue weighted by Gasteiger charge is 2.25. The molecule has 0 saturated heterocycles. The fraction of sp³-hybridized carbons (Fsp3) is 0.500. The fourth-order valence-corrected chi connectivity index (χ4v) is 3.84. The number of sulfonamides is 1. The third-order valence-corrected chi connectivity index (χ3v) is 5.46. The monoisotopic (exact) mass is 293 g/mol. The Hall–Kier alpha value is -0.960. The lowest BCUT2D eigenvalue weighted by molar-refractivity contribution is -0.139. The SMILES string of the molecule is CCc1ccc(S(=O)(=O)N[C@@H](CCO)C(=O)O)s1. The van der Waals surface area contributed by atoms with Gasteiger partial charge in [-0.25, -0.2) is 8.42 Å². The molecule has 6 nitrogen and oxygen atoms in total. The first-order valence-electron chi connectivity index (χ1n) is 5.35. The Morgan fingerprint density at radius 1 is 1.50 bits per heavy atom. The van der Waals surface area contributed by atoms with Crippen molar-refractivity contribution in [3.8, 4) is 0 Å². The van der Waals surface area contributed by atoms with Crippen molar-refractivity contribution in [3.63, 3.8) is 0 Å². The molecule has 0 radical (unpaired) electrons. The summed E-state index contributed by atoms with van der Waals surface area (Å²) in [5.74, 6) is -1.31. The van der Waals surface area contributed by atoms with Gasteiger partial charge in [0.1, 0.15) is 10.3 Å². The van der Waals surface area contributed by atoms with Gasteiger partial charge in [-0.3, -0.25) is 4.79 Å². The lowest BCUT2D eigenvalue weighted by Gasteiger charge is -2.12. The van der Waals surface area contributed by atoms with Gasteiger partial charge in [-0.2, -0.15) is 4.72 Å². The summed E-state index contributed by atoms with van der Waals surface area (Å²) in [5, 5.41) is 17.5. The molecule has 0 aliphatic carbocycles. The highest BCUT2D eigenvalue weighted by atomic mass is 32.2. The standard InChI is InChI=1S/C10H15NO5S2/c1-2-7-3-4-9(17-7)18(15,16)11-8(5-6-12)10(13)14/h3-4,8,11-12H,2,5-6H2,1H3,(H,13,14)/t8-/m0/s1. The summed E-state index contributed by atoms with van der Waals surface area (Å²) in [6, 6.07) is 1.83. The quantitative estimate of drug-likeness (QED) is 0.676. The molecule has 1 aromatic heterocycles. The summed E-state index contributed by atoms with van der Waals surface area (Å²) in [6.07, 6.45) is 0.555. The Kier molecular flexibility index (Phi) is 5.27. The van der Waals surface area contributed by atoms with Crippen LogP contribution < -0.4 is 4.72 Å². The third-order valence-electron chi connectivity index (χ3n) is 2.26. The Balaban J connectivity index is 2.89. The summed E-state index contributed by atoms with van der Waals surface area (Å²) in [6.45, 7) is 1.51. The van der Waals surface area contributed by atoms with Gasteiger partial charge >= 0.3 is 5.97 Å². The van der Waals surface area contributed by atoms with Crippen molar-refractivity contribution in [2.75, 3.05) is 6.61 Å². The number of aliphatic hydroxyl groups is 1. The van der Waals surface area contributed by atoms with E-state index in [2.05, 4.69) is 4.72 Å². The zero-order chi connectivity index (χ0) is 13.8. The highest BCUT2D eigenvalue weighted by Crippen LogP contribution is 2.22. The largest absolute Gasteiger partial charge is 0.480 e. The van der Waals surface area contributed by atoms with Crippen LogP contribution in [0, 0.1) is 0 Å². The van der Waals surface area contributed by atoms with Gasteiger partial charge in [0.25, 0.3) is 10.0 Å². The first-order valence-corrected chi connectivity index (χ1v) is 7.65. The maximum atomic E-state index is 11.9. The molecule has 1 heterocycles. The van der Waals surface area contributed by atoms with Crippen LogP contribution in [0.15, 0.2) is 16.3 Å². The Morgan fingerprint density at radius 3 is 2.61 bits per heavy atom. The molecule has 0 unspecified atom stereocenters. The van der Waals surface area contributed by atoms with E-state index in [9.17, 15) is 13.2 Å². The molecule has 102 valence electrons. The van der Waals surface area contributed by atoms with Gasteiger partial charge in [0.05, 0.1) is 0 Å². The summed E-state index contributed by atoms with van der Waals surface area (Å²) < 4.78 is 26.0. The number of hydrogen-bond donors (Lipinski definition) is 3. The molecule has 0 saturated carbocycles. The maximum Gasteiger partial charge on any atom is 0.321 e. The van der Waals surface area contributed by atoms with Crippen LogP contribution >= 0.6 is 11.3 Å². The van der Waals surface area contributed by atoms with Crippen molar-refractivity contribution in [1.82, 2.24) is 4.72 Å². The molecule has 1 rings (SSSR count). The topological polar surface area (TPSA) is 104 Å². The third kappa shape index (κ3) is 3.77. The van der Waals surface area contributed by atoms with Crippen LogP contribution in [0.25, 0.3) is 0 Å². The Bertz CT molecular complexity index is 508. The average Bonchev–Trinajstić information content (AvgIpc) is 2.77. The number of carboxylic acid groups (broad SMARTS) is 1. The molecule has 0 bridgehead atoms. The minimum atomic E-state index is -3.84. The second-order valence-electron chi connectivity index (χ2n) is 3.60. The highest BCUT2D eigenvalue weighted by molar-refractivity contribution is 7.91. The van der Waals surface area contributed by atoms with Gasteiger partial charge < -0.3 is 10.2 Å². The second kappa shape index (κ2) is 6.28. The molecule has 0 spiro atoms. The molecule has 1 aromatic rings. The lowest BCUT2D eigenvalue weighted by atomic mass is 10.2. The maximum absolute atomic E-state index is 11.9. The van der Waals surface area contributed by atoms with E-state index < -0.39 is 28.6 Å². The average molecular weight is 293 g/mol. The second-order valence-corrected chi connectivity index (χ2v) is 6.71. The molecule has 8 heteroatoms. The van der Waals surface area contributed by atoms with E-state index in [4.69, 9.17) is 10.2 Å². The van der Waals surface area contributed by atoms with Crippen LogP contribution in [0.4, 0.5) is 0 Å². The predicted octanol–water partition coefficient (Wildman–Crippen LogP) is 0.424. The van der Waals surface area contributed by atoms with E-state index in [1.807, 2.05) is 6.92 Å². The summed E-state index contributed by atoms with van der Waals surface area (Å²) in [4.78, 5) is 11.7. The van der Waals surface area contributed by atoms with Gasteiger partial charge in [-0.05, 0) is 25.0 Å². The predicted molar refractivity (Wildman–Crippen MR) is 67.1 cm³/mol. The molecule has 18 heavy (non-hydrogen) atoms. The number of aryl methyl sites for hydroxylation is 1. The van der Waals surface area contributed by atoms with E-state index in [1.54, 1.807) is 6.07 Å². The van der Waals surface area contributed by atoms with Gasteiger partial charge in [-0.15, -0.1) is 11.3 Å². The van der Waals surface area contributed by atoms with E-state index in [-0.39, 0.29) is 10.6 Å². The Morgan fingerprint density at radius 2 is 2.17 bits per heavy atom. The molecular formula is C10H15NO5S2. The number of aliphatic carboxylic acids is 1. The fourth-order valence-electron chi connectivity index (χ4n) is 1.30. The van der Waals surface area contributed by atoms with Crippen molar-refractivity contribution < 1.29 is 23.4 Å². The molecule has 0 aromatic carbocycles. The van der Waals surface area contributed by atoms with E-state index in [0.29, 0.717) is 0 Å². The smallest absolute Gasteiger partial charge is 0.321 e. The van der Waals surface area contributed by atoms with Gasteiger partial charge in [-0.1, -0.05) is 6.92 Å². The minimum absolute atomic E-state index is 0.0866. The van der Waals surface area contributed by atoms with Crippen LogP contribution in [0.5, 0.6) is 0 Å². The number of aliphatic hydroxyl groups excluding tert-OH is 1. The molecule has 3 N–H and O–H groups in total. The Labute approximate surface area is 109 Å². The van der Waals surface area contributed by atoms with Crippen molar-refractivity contribution in [2.24, 2.45) is 0 Å². The number of hydrogen-bond acceptors (Lipinski definition) is 5. The van der Waals surface area contributed by atoms with Crippen LogP contribution in [0.2, 0.25) is 0 Å². The van der Waals surface area contributed by atoms with Crippen LogP contribution in [0.3, 0.4) is 0 Å². The molecular weight excluding hydrogens is 278 g/mol.